The number of anilines is 2. The molecule has 3 aromatic rings. The first-order valence-corrected chi connectivity index (χ1v) is 10.8. The van der Waals surface area contributed by atoms with E-state index in [1.165, 1.54) is 25.3 Å². The fraction of sp³-hybridized carbons (Fsp3) is 0.333. The third-order valence-electron chi connectivity index (χ3n) is 5.48. The first kappa shape index (κ1) is 21.8. The summed E-state index contributed by atoms with van der Waals surface area (Å²) in [5, 5.41) is 5.29. The van der Waals surface area contributed by atoms with Gasteiger partial charge >= 0.3 is 6.18 Å². The maximum absolute atomic E-state index is 12.9. The van der Waals surface area contributed by atoms with Crippen LogP contribution < -0.4 is 10.1 Å². The molecule has 3 nitrogen and oxygen atoms in total. The molecule has 0 radical (unpaired) electrons. The molecule has 1 fully saturated rings. The zero-order valence-corrected chi connectivity index (χ0v) is 17.8. The maximum atomic E-state index is 12.9. The van der Waals surface area contributed by atoms with Crippen LogP contribution in [0.2, 0.25) is 5.02 Å². The molecule has 1 aliphatic heterocycles. The summed E-state index contributed by atoms with van der Waals surface area (Å²) >= 11 is 6.48. The molecule has 164 valence electrons. The lowest BCUT2D eigenvalue weighted by Gasteiger charge is -2.26. The first-order chi connectivity index (χ1) is 14.9. The Morgan fingerprint density at radius 1 is 0.935 bits per heavy atom. The summed E-state index contributed by atoms with van der Waals surface area (Å²) in [6.07, 6.45) is -0.575. The van der Waals surface area contributed by atoms with Crippen LogP contribution in [0.1, 0.15) is 24.8 Å². The average Bonchev–Trinajstić information content (AvgIpc) is 2.75. The van der Waals surface area contributed by atoms with Gasteiger partial charge in [-0.25, -0.2) is 0 Å². The van der Waals surface area contributed by atoms with E-state index in [9.17, 15) is 13.2 Å². The fourth-order valence-corrected chi connectivity index (χ4v) is 4.13. The Balaban J connectivity index is 1.45. The molecule has 0 atom stereocenters. The van der Waals surface area contributed by atoms with Crippen molar-refractivity contribution in [3.8, 4) is 5.75 Å². The number of ether oxygens (including phenoxy) is 1. The van der Waals surface area contributed by atoms with Gasteiger partial charge in [0.1, 0.15) is 12.4 Å². The minimum Gasteiger partial charge on any atom is -0.492 e. The van der Waals surface area contributed by atoms with Gasteiger partial charge in [-0.3, -0.25) is 4.90 Å². The van der Waals surface area contributed by atoms with E-state index >= 15 is 0 Å². The van der Waals surface area contributed by atoms with Crippen LogP contribution in [0, 0.1) is 0 Å². The minimum atomic E-state index is -4.38. The molecular weight excluding hydrogens is 425 g/mol. The number of piperidine rings is 1. The van der Waals surface area contributed by atoms with Crippen molar-refractivity contribution in [1.29, 1.82) is 0 Å². The number of nitrogens with zero attached hydrogens (tertiary/aromatic N) is 1. The number of alkyl halides is 3. The van der Waals surface area contributed by atoms with E-state index in [0.717, 1.165) is 42.5 Å². The van der Waals surface area contributed by atoms with Gasteiger partial charge in [0.25, 0.3) is 0 Å². The second kappa shape index (κ2) is 9.37. The Morgan fingerprint density at radius 2 is 1.71 bits per heavy atom. The number of hydrogen-bond donors (Lipinski definition) is 1. The highest BCUT2D eigenvalue weighted by molar-refractivity contribution is 6.35. The number of hydrogen-bond acceptors (Lipinski definition) is 3. The van der Waals surface area contributed by atoms with Crippen LogP contribution in [0.5, 0.6) is 5.75 Å². The van der Waals surface area contributed by atoms with E-state index in [1.54, 1.807) is 12.1 Å². The molecule has 7 heteroatoms. The number of halogens is 4. The number of benzene rings is 3. The molecule has 1 N–H and O–H groups in total. The molecule has 0 unspecified atom stereocenters. The fourth-order valence-electron chi connectivity index (χ4n) is 3.86. The summed E-state index contributed by atoms with van der Waals surface area (Å²) in [4.78, 5) is 2.41. The normalized spacial score (nSPS) is 15.2. The molecule has 1 saturated heterocycles. The zero-order valence-electron chi connectivity index (χ0n) is 17.0. The lowest BCUT2D eigenvalue weighted by atomic mass is 10.1. The Bertz CT molecular complexity index is 1050. The van der Waals surface area contributed by atoms with Crippen LogP contribution in [0.25, 0.3) is 10.8 Å². The molecule has 0 amide bonds. The summed E-state index contributed by atoms with van der Waals surface area (Å²) in [5.74, 6) is 0.716. The lowest BCUT2D eigenvalue weighted by Crippen LogP contribution is -2.33. The molecule has 3 aromatic carbocycles. The second-order valence-electron chi connectivity index (χ2n) is 7.80. The second-order valence-corrected chi connectivity index (χ2v) is 8.20. The lowest BCUT2D eigenvalue weighted by molar-refractivity contribution is -0.137. The van der Waals surface area contributed by atoms with Crippen molar-refractivity contribution in [3.63, 3.8) is 0 Å². The molecule has 0 aliphatic carbocycles. The van der Waals surface area contributed by atoms with Gasteiger partial charge in [0.2, 0.25) is 0 Å². The van der Waals surface area contributed by atoms with Crippen molar-refractivity contribution >= 4 is 33.7 Å². The van der Waals surface area contributed by atoms with Gasteiger partial charge in [-0.05, 0) is 73.8 Å². The van der Waals surface area contributed by atoms with Crippen LogP contribution in [0.3, 0.4) is 0 Å². The SMILES string of the molecule is FC(F)(F)c1cccc(Nc2ccc3cc(OCCN4CCCCC4)cc(Cl)c3c2)c1. The van der Waals surface area contributed by atoms with Gasteiger partial charge < -0.3 is 10.1 Å². The largest absolute Gasteiger partial charge is 0.492 e. The van der Waals surface area contributed by atoms with Crippen molar-refractivity contribution in [1.82, 2.24) is 4.90 Å². The van der Waals surface area contributed by atoms with Crippen LogP contribution in [-0.2, 0) is 6.18 Å². The predicted molar refractivity (Wildman–Crippen MR) is 119 cm³/mol. The van der Waals surface area contributed by atoms with Gasteiger partial charge in [-0.1, -0.05) is 30.2 Å². The highest BCUT2D eigenvalue weighted by Gasteiger charge is 2.30. The predicted octanol–water partition coefficient (Wildman–Crippen LogP) is 7.12. The van der Waals surface area contributed by atoms with Crippen molar-refractivity contribution in [2.45, 2.75) is 25.4 Å². The van der Waals surface area contributed by atoms with E-state index in [1.807, 2.05) is 24.3 Å². The molecule has 4 rings (SSSR count). The number of fused-ring (bicyclic) bond motifs is 1. The quantitative estimate of drug-likeness (QED) is 0.434. The van der Waals surface area contributed by atoms with Gasteiger partial charge in [0, 0.05) is 23.3 Å². The van der Waals surface area contributed by atoms with Crippen molar-refractivity contribution in [2.24, 2.45) is 0 Å². The molecule has 0 spiro atoms. The topological polar surface area (TPSA) is 24.5 Å². The third kappa shape index (κ3) is 5.63. The van der Waals surface area contributed by atoms with E-state index in [-0.39, 0.29) is 0 Å². The monoisotopic (exact) mass is 448 g/mol. The molecule has 0 saturated carbocycles. The number of nitrogens with one attached hydrogen (secondary N) is 1. The number of rotatable bonds is 6. The Kier molecular flexibility index (Phi) is 6.58. The van der Waals surface area contributed by atoms with E-state index in [0.29, 0.717) is 28.8 Å². The van der Waals surface area contributed by atoms with Crippen LogP contribution in [0.15, 0.2) is 54.6 Å². The summed E-state index contributed by atoms with van der Waals surface area (Å²) in [6.45, 7) is 3.76. The maximum Gasteiger partial charge on any atom is 0.416 e. The molecule has 0 aromatic heterocycles. The summed E-state index contributed by atoms with van der Waals surface area (Å²) in [7, 11) is 0. The number of likely N-dealkylation sites (tertiary alicyclic amines) is 1. The highest BCUT2D eigenvalue weighted by atomic mass is 35.5. The Morgan fingerprint density at radius 3 is 2.48 bits per heavy atom. The van der Waals surface area contributed by atoms with Gasteiger partial charge in [0.15, 0.2) is 0 Å². The molecule has 1 heterocycles. The Hall–Kier alpha value is -2.44. The smallest absolute Gasteiger partial charge is 0.416 e. The molecule has 0 bridgehead atoms. The van der Waals surface area contributed by atoms with Crippen molar-refractivity contribution in [3.05, 3.63) is 65.2 Å². The summed E-state index contributed by atoms with van der Waals surface area (Å²) in [5.41, 5.74) is 0.332. The highest BCUT2D eigenvalue weighted by Crippen LogP contribution is 2.34. The zero-order chi connectivity index (χ0) is 21.8. The van der Waals surface area contributed by atoms with Gasteiger partial charge in [-0.15, -0.1) is 0 Å². The molecule has 1 aliphatic rings. The summed E-state index contributed by atoms with van der Waals surface area (Å²) < 4.78 is 44.7. The third-order valence-corrected chi connectivity index (χ3v) is 5.79. The van der Waals surface area contributed by atoms with Gasteiger partial charge in [0.05, 0.1) is 10.6 Å². The van der Waals surface area contributed by atoms with Crippen molar-refractivity contribution < 1.29 is 17.9 Å². The van der Waals surface area contributed by atoms with E-state index in [2.05, 4.69) is 10.2 Å². The van der Waals surface area contributed by atoms with Crippen LogP contribution >= 0.6 is 11.6 Å². The Labute approximate surface area is 184 Å². The van der Waals surface area contributed by atoms with Gasteiger partial charge in [-0.2, -0.15) is 13.2 Å². The standard InChI is InChI=1S/C24H24ClF3N2O/c25-23-16-21(31-12-11-30-9-2-1-3-10-30)13-17-7-8-20(15-22(17)23)29-19-6-4-5-18(14-19)24(26,27)28/h4-8,13-16,29H,1-3,9-12H2. The van der Waals surface area contributed by atoms with Crippen LogP contribution in [-0.4, -0.2) is 31.1 Å². The van der Waals surface area contributed by atoms with Crippen molar-refractivity contribution in [2.75, 3.05) is 31.6 Å². The molecular formula is C24H24ClF3N2O. The minimum absolute atomic E-state index is 0.364. The van der Waals surface area contributed by atoms with E-state index < -0.39 is 11.7 Å². The molecule has 31 heavy (non-hydrogen) atoms. The van der Waals surface area contributed by atoms with Crippen LogP contribution in [0.4, 0.5) is 24.5 Å². The summed E-state index contributed by atoms with van der Waals surface area (Å²) in [6, 6.07) is 14.4. The average molecular weight is 449 g/mol. The van der Waals surface area contributed by atoms with E-state index in [4.69, 9.17) is 16.3 Å². The first-order valence-electron chi connectivity index (χ1n) is 10.4.